The zero-order valence-electron chi connectivity index (χ0n) is 17.9. The fourth-order valence-corrected chi connectivity index (χ4v) is 4.72. The Morgan fingerprint density at radius 2 is 1.90 bits per heavy atom. The second-order valence-electron chi connectivity index (χ2n) is 8.62. The Labute approximate surface area is 179 Å². The van der Waals surface area contributed by atoms with E-state index in [1.54, 1.807) is 6.20 Å². The largest absolute Gasteiger partial charge is 0.371 e. The van der Waals surface area contributed by atoms with Crippen LogP contribution < -0.4 is 4.90 Å². The van der Waals surface area contributed by atoms with Crippen molar-refractivity contribution in [2.75, 3.05) is 57.8 Å². The van der Waals surface area contributed by atoms with Gasteiger partial charge in [-0.2, -0.15) is 5.26 Å². The number of hydrogen-bond acceptors (Lipinski definition) is 6. The Morgan fingerprint density at radius 3 is 2.63 bits per heavy atom. The standard InChI is InChI=1S/C24H31N5O/c1-27-14-16-28(17-15-27)11-3-5-23(30)19-8-12-29(13-9-19)22-7-6-20(18-25)24-21(22)4-2-10-26-24/h2,4,6-7,10,19H,3,5,8-9,11-17H2,1H3. The number of carbonyl (C=O) groups is 1. The molecule has 1 aromatic carbocycles. The summed E-state index contributed by atoms with van der Waals surface area (Å²) < 4.78 is 0. The Kier molecular flexibility index (Phi) is 6.61. The number of aromatic nitrogens is 1. The van der Waals surface area contributed by atoms with Gasteiger partial charge in [-0.25, -0.2) is 0 Å². The molecule has 0 unspecified atom stereocenters. The molecule has 30 heavy (non-hydrogen) atoms. The Morgan fingerprint density at radius 1 is 1.13 bits per heavy atom. The van der Waals surface area contributed by atoms with Crippen LogP contribution in [0.2, 0.25) is 0 Å². The van der Waals surface area contributed by atoms with Gasteiger partial charge in [0.2, 0.25) is 0 Å². The highest BCUT2D eigenvalue weighted by Crippen LogP contribution is 2.31. The number of nitriles is 1. The van der Waals surface area contributed by atoms with Gasteiger partial charge in [-0.15, -0.1) is 0 Å². The number of fused-ring (bicyclic) bond motifs is 1. The van der Waals surface area contributed by atoms with Crippen LogP contribution in [0.1, 0.15) is 31.2 Å². The van der Waals surface area contributed by atoms with E-state index in [1.165, 1.54) is 0 Å². The molecule has 2 aromatic rings. The van der Waals surface area contributed by atoms with Crippen LogP contribution >= 0.6 is 0 Å². The maximum absolute atomic E-state index is 12.7. The summed E-state index contributed by atoms with van der Waals surface area (Å²) in [5.74, 6) is 0.631. The number of likely N-dealkylation sites (N-methyl/N-ethyl adjacent to an activating group) is 1. The summed E-state index contributed by atoms with van der Waals surface area (Å²) in [5, 5.41) is 10.4. The Bertz CT molecular complexity index is 921. The molecule has 0 radical (unpaired) electrons. The molecular weight excluding hydrogens is 374 g/mol. The maximum Gasteiger partial charge on any atom is 0.136 e. The Hall–Kier alpha value is -2.49. The van der Waals surface area contributed by atoms with E-state index in [9.17, 15) is 10.1 Å². The van der Waals surface area contributed by atoms with Gasteiger partial charge in [0.25, 0.3) is 0 Å². The molecular formula is C24H31N5O. The van der Waals surface area contributed by atoms with E-state index in [2.05, 4.69) is 32.8 Å². The van der Waals surface area contributed by atoms with Crippen LogP contribution in [-0.2, 0) is 4.79 Å². The third-order valence-corrected chi connectivity index (χ3v) is 6.65. The van der Waals surface area contributed by atoms with Crippen molar-refractivity contribution in [3.63, 3.8) is 0 Å². The van der Waals surface area contributed by atoms with Crippen molar-refractivity contribution in [3.05, 3.63) is 36.0 Å². The second-order valence-corrected chi connectivity index (χ2v) is 8.62. The summed E-state index contributed by atoms with van der Waals surface area (Å²) in [7, 11) is 2.17. The number of Topliss-reactive ketones (excluding diaryl/α,β-unsaturated/α-hetero) is 1. The third kappa shape index (κ3) is 4.63. The zero-order chi connectivity index (χ0) is 20.9. The number of hydrogen-bond donors (Lipinski definition) is 0. The summed E-state index contributed by atoms with van der Waals surface area (Å²) in [6.07, 6.45) is 5.25. The molecule has 0 amide bonds. The van der Waals surface area contributed by atoms with Gasteiger partial charge in [0.1, 0.15) is 11.9 Å². The number of ketones is 1. The molecule has 0 aliphatic carbocycles. The quantitative estimate of drug-likeness (QED) is 0.736. The highest BCUT2D eigenvalue weighted by Gasteiger charge is 2.26. The monoisotopic (exact) mass is 405 g/mol. The zero-order valence-corrected chi connectivity index (χ0v) is 17.9. The van der Waals surface area contributed by atoms with Crippen LogP contribution in [0.15, 0.2) is 30.5 Å². The predicted octanol–water partition coefficient (Wildman–Crippen LogP) is 2.92. The van der Waals surface area contributed by atoms with Crippen LogP contribution in [0, 0.1) is 17.2 Å². The minimum atomic E-state index is 0.191. The van der Waals surface area contributed by atoms with Crippen molar-refractivity contribution < 1.29 is 4.79 Å². The molecule has 0 saturated carbocycles. The molecule has 0 N–H and O–H groups in total. The van der Waals surface area contributed by atoms with Gasteiger partial charge in [-0.05, 0) is 57.1 Å². The van der Waals surface area contributed by atoms with Gasteiger partial charge >= 0.3 is 0 Å². The van der Waals surface area contributed by atoms with Crippen LogP contribution in [0.4, 0.5) is 5.69 Å². The summed E-state index contributed by atoms with van der Waals surface area (Å²) >= 11 is 0. The number of anilines is 1. The van der Waals surface area contributed by atoms with Gasteiger partial charge in [-0.3, -0.25) is 9.78 Å². The molecule has 2 fully saturated rings. The highest BCUT2D eigenvalue weighted by atomic mass is 16.1. The fourth-order valence-electron chi connectivity index (χ4n) is 4.72. The van der Waals surface area contributed by atoms with E-state index < -0.39 is 0 Å². The number of rotatable bonds is 6. The number of piperidine rings is 1. The van der Waals surface area contributed by atoms with Gasteiger partial charge in [0.15, 0.2) is 0 Å². The number of benzene rings is 1. The average molecular weight is 406 g/mol. The molecule has 6 nitrogen and oxygen atoms in total. The molecule has 4 rings (SSSR count). The van der Waals surface area contributed by atoms with Crippen LogP contribution in [0.25, 0.3) is 10.9 Å². The van der Waals surface area contributed by atoms with Crippen molar-refractivity contribution >= 4 is 22.4 Å². The van der Waals surface area contributed by atoms with E-state index in [0.717, 1.165) is 81.7 Å². The van der Waals surface area contributed by atoms with Gasteiger partial charge in [0, 0.05) is 68.9 Å². The molecule has 2 aliphatic rings. The number of pyridine rings is 1. The average Bonchev–Trinajstić information content (AvgIpc) is 2.79. The molecule has 2 saturated heterocycles. The van der Waals surface area contributed by atoms with Crippen molar-refractivity contribution in [1.82, 2.24) is 14.8 Å². The van der Waals surface area contributed by atoms with E-state index in [0.29, 0.717) is 17.8 Å². The molecule has 158 valence electrons. The Balaban J connectivity index is 1.29. The maximum atomic E-state index is 12.7. The minimum absolute atomic E-state index is 0.191. The summed E-state index contributed by atoms with van der Waals surface area (Å²) in [5.41, 5.74) is 2.50. The first-order chi connectivity index (χ1) is 14.7. The lowest BCUT2D eigenvalue weighted by atomic mass is 9.89. The lowest BCUT2D eigenvalue weighted by molar-refractivity contribution is -0.123. The number of piperazine rings is 1. The lowest BCUT2D eigenvalue weighted by Crippen LogP contribution is -2.44. The van der Waals surface area contributed by atoms with Gasteiger partial charge < -0.3 is 14.7 Å². The molecule has 6 heteroatoms. The van der Waals surface area contributed by atoms with Gasteiger partial charge in [0.05, 0.1) is 11.1 Å². The fraction of sp³-hybridized carbons (Fsp3) is 0.542. The predicted molar refractivity (Wildman–Crippen MR) is 120 cm³/mol. The number of carbonyl (C=O) groups excluding carboxylic acids is 1. The summed E-state index contributed by atoms with van der Waals surface area (Å²) in [6.45, 7) is 7.31. The molecule has 2 aliphatic heterocycles. The van der Waals surface area contributed by atoms with Crippen LogP contribution in [-0.4, -0.2) is 73.4 Å². The smallest absolute Gasteiger partial charge is 0.136 e. The summed E-state index contributed by atoms with van der Waals surface area (Å²) in [4.78, 5) is 24.4. The van der Waals surface area contributed by atoms with Crippen molar-refractivity contribution in [3.8, 4) is 6.07 Å². The minimum Gasteiger partial charge on any atom is -0.371 e. The molecule has 0 spiro atoms. The molecule has 1 aromatic heterocycles. The molecule has 0 atom stereocenters. The third-order valence-electron chi connectivity index (χ3n) is 6.65. The van der Waals surface area contributed by atoms with E-state index >= 15 is 0 Å². The highest BCUT2D eigenvalue weighted by molar-refractivity contribution is 5.95. The van der Waals surface area contributed by atoms with Crippen molar-refractivity contribution in [1.29, 1.82) is 5.26 Å². The summed E-state index contributed by atoms with van der Waals surface area (Å²) in [6, 6.07) is 10.1. The van der Waals surface area contributed by atoms with Gasteiger partial charge in [-0.1, -0.05) is 0 Å². The first-order valence-corrected chi connectivity index (χ1v) is 11.1. The first-order valence-electron chi connectivity index (χ1n) is 11.1. The van der Waals surface area contributed by atoms with E-state index in [4.69, 9.17) is 0 Å². The lowest BCUT2D eigenvalue weighted by Gasteiger charge is -2.34. The SMILES string of the molecule is CN1CCN(CCCC(=O)C2CCN(c3ccc(C#N)c4ncccc34)CC2)CC1. The topological polar surface area (TPSA) is 63.5 Å². The van der Waals surface area contributed by atoms with E-state index in [1.807, 2.05) is 24.3 Å². The van der Waals surface area contributed by atoms with E-state index in [-0.39, 0.29) is 5.92 Å². The second kappa shape index (κ2) is 9.55. The first kappa shape index (κ1) is 20.8. The number of nitrogens with zero attached hydrogens (tertiary/aromatic N) is 5. The normalized spacial score (nSPS) is 19.1. The molecule has 3 heterocycles. The van der Waals surface area contributed by atoms with Crippen LogP contribution in [0.5, 0.6) is 0 Å². The molecule has 0 bridgehead atoms. The van der Waals surface area contributed by atoms with Crippen molar-refractivity contribution in [2.24, 2.45) is 5.92 Å². The van der Waals surface area contributed by atoms with Crippen LogP contribution in [0.3, 0.4) is 0 Å². The van der Waals surface area contributed by atoms with Crippen molar-refractivity contribution in [2.45, 2.75) is 25.7 Å².